The van der Waals surface area contributed by atoms with E-state index in [2.05, 4.69) is 0 Å². The number of ether oxygens (including phenoxy) is 1. The van der Waals surface area contributed by atoms with Gasteiger partial charge in [0.2, 0.25) is 0 Å². The fourth-order valence-corrected chi connectivity index (χ4v) is 3.60. The molecule has 1 aliphatic heterocycles. The van der Waals surface area contributed by atoms with Crippen molar-refractivity contribution in [3.8, 4) is 5.75 Å². The first-order valence-corrected chi connectivity index (χ1v) is 9.84. The maximum atomic E-state index is 14.2. The summed E-state index contributed by atoms with van der Waals surface area (Å²) in [5, 5.41) is 0. The zero-order valence-electron chi connectivity index (χ0n) is 15.1. The van der Waals surface area contributed by atoms with Crippen molar-refractivity contribution in [3.05, 3.63) is 58.9 Å². The maximum Gasteiger partial charge on any atom is 0.516 e. The molecule has 156 valence electrons. The average Bonchev–Trinajstić information content (AvgIpc) is 2.64. The third-order valence-corrected chi connectivity index (χ3v) is 5.57. The quantitative estimate of drug-likeness (QED) is 0.736. The Bertz CT molecular complexity index is 1040. The lowest BCUT2D eigenvalue weighted by molar-refractivity contribution is -0.0429. The van der Waals surface area contributed by atoms with Gasteiger partial charge in [-0.25, -0.2) is 4.39 Å². The van der Waals surface area contributed by atoms with Crippen LogP contribution in [-0.4, -0.2) is 38.4 Å². The zero-order chi connectivity index (χ0) is 21.4. The van der Waals surface area contributed by atoms with Crippen molar-refractivity contribution < 1.29 is 35.5 Å². The molecule has 0 fully saturated rings. The summed E-state index contributed by atoms with van der Waals surface area (Å²) in [6.07, 6.45) is 0.380. The third kappa shape index (κ3) is 4.14. The van der Waals surface area contributed by atoms with Gasteiger partial charge in [-0.1, -0.05) is 12.1 Å². The lowest BCUT2D eigenvalue weighted by Crippen LogP contribution is -2.38. The number of nitrogens with one attached hydrogen (secondary N) is 1. The van der Waals surface area contributed by atoms with Crippen LogP contribution < -0.4 is 9.46 Å². The lowest BCUT2D eigenvalue weighted by Gasteiger charge is -2.29. The molecular weight excluding hydrogens is 416 g/mol. The van der Waals surface area contributed by atoms with Crippen LogP contribution in [0.5, 0.6) is 5.75 Å². The first-order chi connectivity index (χ1) is 13.5. The molecule has 0 saturated carbocycles. The van der Waals surface area contributed by atoms with E-state index in [0.717, 1.165) is 18.2 Å². The largest absolute Gasteiger partial charge is 0.516 e. The average molecular weight is 432 g/mol. The highest BCUT2D eigenvalue weighted by atomic mass is 32.2. The van der Waals surface area contributed by atoms with Gasteiger partial charge in [-0.05, 0) is 36.2 Å². The number of benzene rings is 2. The van der Waals surface area contributed by atoms with Gasteiger partial charge in [0.1, 0.15) is 11.6 Å². The van der Waals surface area contributed by atoms with Crippen molar-refractivity contribution in [2.45, 2.75) is 18.5 Å². The molecule has 0 unspecified atom stereocenters. The molecule has 29 heavy (non-hydrogen) atoms. The minimum absolute atomic E-state index is 0.0647. The summed E-state index contributed by atoms with van der Waals surface area (Å²) in [5.41, 5.74) is -4.72. The van der Waals surface area contributed by atoms with Gasteiger partial charge in [-0.3, -0.25) is 9.52 Å². The van der Waals surface area contributed by atoms with Crippen molar-refractivity contribution in [2.24, 2.45) is 0 Å². The van der Waals surface area contributed by atoms with Gasteiger partial charge in [0.15, 0.2) is 0 Å². The molecule has 0 spiro atoms. The van der Waals surface area contributed by atoms with Gasteiger partial charge in [0, 0.05) is 24.3 Å². The number of amides is 1. The standard InChI is InChI=1S/C18H16F4N2O4S/c1-28-15-7-6-14(19)16-13(15)8-9-24(17(16)25)10-11-2-4-12(5-3-11)23-29(26,27)18(20,21)22/h2-7,23H,8-10H2,1H3. The number of hydrogen-bond donors (Lipinski definition) is 1. The summed E-state index contributed by atoms with van der Waals surface area (Å²) < 4.78 is 80.3. The van der Waals surface area contributed by atoms with Crippen molar-refractivity contribution in [2.75, 3.05) is 18.4 Å². The Morgan fingerprint density at radius 2 is 1.79 bits per heavy atom. The molecule has 6 nitrogen and oxygen atoms in total. The van der Waals surface area contributed by atoms with Crippen LogP contribution in [0.1, 0.15) is 21.5 Å². The second-order valence-electron chi connectivity index (χ2n) is 6.33. The smallest absolute Gasteiger partial charge is 0.496 e. The number of carbonyl (C=O) groups is 1. The Morgan fingerprint density at radius 3 is 2.38 bits per heavy atom. The molecule has 1 aliphatic rings. The summed E-state index contributed by atoms with van der Waals surface area (Å²) in [6, 6.07) is 7.70. The van der Waals surface area contributed by atoms with Crippen molar-refractivity contribution in [3.63, 3.8) is 0 Å². The Labute approximate surface area is 164 Å². The van der Waals surface area contributed by atoms with Crippen LogP contribution in [0.15, 0.2) is 36.4 Å². The van der Waals surface area contributed by atoms with E-state index >= 15 is 0 Å². The zero-order valence-corrected chi connectivity index (χ0v) is 15.9. The van der Waals surface area contributed by atoms with E-state index in [1.807, 2.05) is 0 Å². The Balaban J connectivity index is 1.76. The van der Waals surface area contributed by atoms with Crippen LogP contribution in [0.2, 0.25) is 0 Å². The summed E-state index contributed by atoms with van der Waals surface area (Å²) in [5.74, 6) is -0.757. The molecule has 0 aromatic heterocycles. The first kappa shape index (κ1) is 20.9. The number of methoxy groups -OCH3 is 1. The van der Waals surface area contributed by atoms with Gasteiger partial charge in [0.05, 0.1) is 12.7 Å². The van der Waals surface area contributed by atoms with Crippen LogP contribution in [0.4, 0.5) is 23.2 Å². The van der Waals surface area contributed by atoms with Crippen LogP contribution in [0.25, 0.3) is 0 Å². The second-order valence-corrected chi connectivity index (χ2v) is 8.00. The highest BCUT2D eigenvalue weighted by Gasteiger charge is 2.46. The van der Waals surface area contributed by atoms with E-state index < -0.39 is 27.3 Å². The molecule has 3 rings (SSSR count). The van der Waals surface area contributed by atoms with E-state index in [0.29, 0.717) is 29.8 Å². The number of nitrogens with zero attached hydrogens (tertiary/aromatic N) is 1. The monoisotopic (exact) mass is 432 g/mol. The van der Waals surface area contributed by atoms with Crippen molar-refractivity contribution in [1.82, 2.24) is 4.90 Å². The Kier molecular flexibility index (Phi) is 5.44. The molecule has 0 bridgehead atoms. The SMILES string of the molecule is COc1ccc(F)c2c1CCN(Cc1ccc(NS(=O)(=O)C(F)(F)F)cc1)C2=O. The molecular formula is C18H16F4N2O4S. The third-order valence-electron chi connectivity index (χ3n) is 4.46. The van der Waals surface area contributed by atoms with Crippen molar-refractivity contribution >= 4 is 21.6 Å². The predicted octanol–water partition coefficient (Wildman–Crippen LogP) is 3.29. The number of carbonyl (C=O) groups excluding carboxylic acids is 1. The molecule has 2 aromatic carbocycles. The first-order valence-electron chi connectivity index (χ1n) is 8.36. The molecule has 2 aromatic rings. The fraction of sp³-hybridized carbons (Fsp3) is 0.278. The van der Waals surface area contributed by atoms with Crippen LogP contribution in [0.3, 0.4) is 0 Å². The van der Waals surface area contributed by atoms with Gasteiger partial charge in [0.25, 0.3) is 5.91 Å². The molecule has 1 amide bonds. The van der Waals surface area contributed by atoms with E-state index in [-0.39, 0.29) is 17.8 Å². The number of hydrogen-bond acceptors (Lipinski definition) is 4. The van der Waals surface area contributed by atoms with E-state index in [1.54, 1.807) is 0 Å². The summed E-state index contributed by atoms with van der Waals surface area (Å²) in [4.78, 5) is 14.1. The maximum absolute atomic E-state index is 14.2. The molecule has 1 heterocycles. The summed E-state index contributed by atoms with van der Waals surface area (Å²) in [7, 11) is -4.08. The number of anilines is 1. The second kappa shape index (κ2) is 7.54. The molecule has 11 heteroatoms. The van der Waals surface area contributed by atoms with Gasteiger partial charge in [-0.15, -0.1) is 0 Å². The van der Waals surface area contributed by atoms with Gasteiger partial charge < -0.3 is 9.64 Å². The van der Waals surface area contributed by atoms with Gasteiger partial charge >= 0.3 is 15.5 Å². The molecule has 0 radical (unpaired) electrons. The predicted molar refractivity (Wildman–Crippen MR) is 96.4 cm³/mol. The van der Waals surface area contributed by atoms with Crippen LogP contribution >= 0.6 is 0 Å². The van der Waals surface area contributed by atoms with E-state index in [4.69, 9.17) is 4.74 Å². The number of halogens is 4. The highest BCUT2D eigenvalue weighted by molar-refractivity contribution is 7.93. The number of rotatable bonds is 5. The Hall–Kier alpha value is -2.82. The molecule has 0 saturated heterocycles. The highest BCUT2D eigenvalue weighted by Crippen LogP contribution is 2.31. The Morgan fingerprint density at radius 1 is 1.14 bits per heavy atom. The molecule has 0 atom stereocenters. The topological polar surface area (TPSA) is 75.7 Å². The summed E-state index contributed by atoms with van der Waals surface area (Å²) in [6.45, 7) is 0.384. The van der Waals surface area contributed by atoms with Gasteiger partial charge in [-0.2, -0.15) is 21.6 Å². The minimum atomic E-state index is -5.51. The van der Waals surface area contributed by atoms with Crippen LogP contribution in [0, 0.1) is 5.82 Å². The fourth-order valence-electron chi connectivity index (χ4n) is 3.04. The van der Waals surface area contributed by atoms with Crippen LogP contribution in [-0.2, 0) is 23.0 Å². The minimum Gasteiger partial charge on any atom is -0.496 e. The normalized spacial score (nSPS) is 14.5. The molecule has 0 aliphatic carbocycles. The number of alkyl halides is 3. The molecule has 1 N–H and O–H groups in total. The van der Waals surface area contributed by atoms with E-state index in [9.17, 15) is 30.8 Å². The number of fused-ring (bicyclic) bond motifs is 1. The van der Waals surface area contributed by atoms with E-state index in [1.165, 1.54) is 34.9 Å². The summed E-state index contributed by atoms with van der Waals surface area (Å²) >= 11 is 0. The number of sulfonamides is 1. The lowest BCUT2D eigenvalue weighted by atomic mass is 9.97. The van der Waals surface area contributed by atoms with Crippen molar-refractivity contribution in [1.29, 1.82) is 0 Å².